The van der Waals surface area contributed by atoms with Gasteiger partial charge in [0.1, 0.15) is 0 Å². The zero-order valence-electron chi connectivity index (χ0n) is 11.3. The smallest absolute Gasteiger partial charge is 0.253 e. The third-order valence-corrected chi connectivity index (χ3v) is 3.61. The molecule has 100 valence electrons. The number of hydrogen-bond donors (Lipinski definition) is 1. The predicted octanol–water partition coefficient (Wildman–Crippen LogP) is 2.77. The summed E-state index contributed by atoms with van der Waals surface area (Å²) in [4.78, 5) is 18.2. The van der Waals surface area contributed by atoms with Gasteiger partial charge in [0.2, 0.25) is 0 Å². The highest BCUT2D eigenvalue weighted by atomic mass is 32.1. The van der Waals surface area contributed by atoms with Gasteiger partial charge < -0.3 is 10.2 Å². The normalized spacial score (nSPS) is 10.3. The van der Waals surface area contributed by atoms with Crippen LogP contribution < -0.4 is 5.32 Å². The van der Waals surface area contributed by atoms with Gasteiger partial charge in [-0.3, -0.25) is 4.79 Å². The summed E-state index contributed by atoms with van der Waals surface area (Å²) >= 11 is 1.54. The monoisotopic (exact) mass is 275 g/mol. The molecule has 2 aromatic rings. The van der Waals surface area contributed by atoms with E-state index < -0.39 is 0 Å². The van der Waals surface area contributed by atoms with Crippen LogP contribution in [0.2, 0.25) is 0 Å². The Labute approximate surface area is 117 Å². The Balaban J connectivity index is 2.12. The molecular formula is C14H17N3OS. The lowest BCUT2D eigenvalue weighted by Crippen LogP contribution is -2.26. The molecule has 0 aliphatic rings. The Kier molecular flexibility index (Phi) is 4.16. The molecule has 1 aromatic heterocycles. The van der Waals surface area contributed by atoms with Crippen LogP contribution in [0.5, 0.6) is 0 Å². The lowest BCUT2D eigenvalue weighted by Gasteiger charge is -2.17. The van der Waals surface area contributed by atoms with Crippen LogP contribution >= 0.6 is 11.3 Å². The van der Waals surface area contributed by atoms with Gasteiger partial charge in [0.15, 0.2) is 0 Å². The van der Waals surface area contributed by atoms with E-state index in [9.17, 15) is 4.79 Å². The van der Waals surface area contributed by atoms with Crippen molar-refractivity contribution in [2.75, 3.05) is 19.4 Å². The summed E-state index contributed by atoms with van der Waals surface area (Å²) in [7, 11) is 3.67. The fourth-order valence-corrected chi connectivity index (χ4v) is 2.48. The first-order chi connectivity index (χ1) is 9.11. The molecule has 0 atom stereocenters. The van der Waals surface area contributed by atoms with Gasteiger partial charge in [0.05, 0.1) is 17.7 Å². The van der Waals surface area contributed by atoms with Crippen LogP contribution in [-0.4, -0.2) is 29.9 Å². The molecule has 1 amide bonds. The molecule has 19 heavy (non-hydrogen) atoms. The number of benzene rings is 1. The molecular weight excluding hydrogens is 258 g/mol. The van der Waals surface area contributed by atoms with E-state index in [-0.39, 0.29) is 5.91 Å². The Morgan fingerprint density at radius 1 is 1.47 bits per heavy atom. The van der Waals surface area contributed by atoms with Crippen molar-refractivity contribution in [3.63, 3.8) is 0 Å². The van der Waals surface area contributed by atoms with Crippen molar-refractivity contribution in [1.29, 1.82) is 0 Å². The summed E-state index contributed by atoms with van der Waals surface area (Å²) in [5, 5.41) is 5.05. The van der Waals surface area contributed by atoms with E-state index in [0.717, 1.165) is 16.9 Å². The fourth-order valence-electron chi connectivity index (χ4n) is 1.93. The largest absolute Gasteiger partial charge is 0.388 e. The standard InChI is InChI=1S/C14H17N3OS/c1-10-6-11(4-5-13(10)15-2)14(18)17(3)7-12-8-19-9-16-12/h4-6,8-9,15H,7H2,1-3H3. The van der Waals surface area contributed by atoms with Crippen LogP contribution in [0.4, 0.5) is 5.69 Å². The minimum Gasteiger partial charge on any atom is -0.388 e. The predicted molar refractivity (Wildman–Crippen MR) is 78.6 cm³/mol. The number of nitrogens with zero attached hydrogens (tertiary/aromatic N) is 2. The Morgan fingerprint density at radius 3 is 2.84 bits per heavy atom. The minimum atomic E-state index is 0.0127. The quantitative estimate of drug-likeness (QED) is 0.933. The van der Waals surface area contributed by atoms with Crippen LogP contribution in [0, 0.1) is 6.92 Å². The third-order valence-electron chi connectivity index (χ3n) is 2.97. The highest BCUT2D eigenvalue weighted by Gasteiger charge is 2.13. The van der Waals surface area contributed by atoms with Gasteiger partial charge in [-0.2, -0.15) is 0 Å². The topological polar surface area (TPSA) is 45.2 Å². The number of nitrogens with one attached hydrogen (secondary N) is 1. The maximum atomic E-state index is 12.3. The van der Waals surface area contributed by atoms with Gasteiger partial charge in [0, 0.05) is 30.7 Å². The molecule has 0 saturated carbocycles. The summed E-state index contributed by atoms with van der Waals surface area (Å²) in [6, 6.07) is 5.68. The second-order valence-electron chi connectivity index (χ2n) is 4.42. The van der Waals surface area contributed by atoms with E-state index in [2.05, 4.69) is 10.3 Å². The maximum Gasteiger partial charge on any atom is 0.253 e. The number of aromatic nitrogens is 1. The Morgan fingerprint density at radius 2 is 2.26 bits per heavy atom. The second-order valence-corrected chi connectivity index (χ2v) is 5.14. The number of thiazole rings is 1. The number of aryl methyl sites for hydroxylation is 1. The van der Waals surface area contributed by atoms with Crippen LogP contribution in [0.1, 0.15) is 21.6 Å². The third kappa shape index (κ3) is 3.12. The number of hydrogen-bond acceptors (Lipinski definition) is 4. The van der Waals surface area contributed by atoms with Crippen molar-refractivity contribution in [3.8, 4) is 0 Å². The lowest BCUT2D eigenvalue weighted by molar-refractivity contribution is 0.0783. The maximum absolute atomic E-state index is 12.3. The van der Waals surface area contributed by atoms with Crippen molar-refractivity contribution in [2.45, 2.75) is 13.5 Å². The molecule has 0 aliphatic carbocycles. The molecule has 0 saturated heterocycles. The van der Waals surface area contributed by atoms with E-state index in [1.54, 1.807) is 17.5 Å². The number of carbonyl (C=O) groups is 1. The minimum absolute atomic E-state index is 0.0127. The van der Waals surface area contributed by atoms with Gasteiger partial charge >= 0.3 is 0 Å². The molecule has 0 bridgehead atoms. The van der Waals surface area contributed by atoms with Crippen molar-refractivity contribution < 1.29 is 4.79 Å². The van der Waals surface area contributed by atoms with Gasteiger partial charge in [-0.1, -0.05) is 0 Å². The highest BCUT2D eigenvalue weighted by Crippen LogP contribution is 2.17. The average Bonchev–Trinajstić information content (AvgIpc) is 2.90. The molecule has 0 fully saturated rings. The zero-order chi connectivity index (χ0) is 13.8. The molecule has 2 rings (SSSR count). The highest BCUT2D eigenvalue weighted by molar-refractivity contribution is 7.07. The van der Waals surface area contributed by atoms with Crippen molar-refractivity contribution in [3.05, 3.63) is 45.9 Å². The number of amides is 1. The summed E-state index contributed by atoms with van der Waals surface area (Å²) in [5.74, 6) is 0.0127. The molecule has 0 unspecified atom stereocenters. The van der Waals surface area contributed by atoms with E-state index in [1.807, 2.05) is 37.6 Å². The Hall–Kier alpha value is -1.88. The van der Waals surface area contributed by atoms with Crippen molar-refractivity contribution >= 4 is 22.9 Å². The second kappa shape index (κ2) is 5.84. The van der Waals surface area contributed by atoms with Crippen LogP contribution in [-0.2, 0) is 6.54 Å². The summed E-state index contributed by atoms with van der Waals surface area (Å²) < 4.78 is 0. The molecule has 0 aliphatic heterocycles. The van der Waals surface area contributed by atoms with Crippen LogP contribution in [0.15, 0.2) is 29.1 Å². The molecule has 1 N–H and O–H groups in total. The first-order valence-electron chi connectivity index (χ1n) is 6.02. The summed E-state index contributed by atoms with van der Waals surface area (Å²) in [5.41, 5.74) is 5.51. The van der Waals surface area contributed by atoms with Gasteiger partial charge in [-0.25, -0.2) is 4.98 Å². The van der Waals surface area contributed by atoms with E-state index in [0.29, 0.717) is 12.1 Å². The number of anilines is 1. The van der Waals surface area contributed by atoms with Gasteiger partial charge in [0.25, 0.3) is 5.91 Å². The number of rotatable bonds is 4. The lowest BCUT2D eigenvalue weighted by atomic mass is 10.1. The Bertz CT molecular complexity index is 566. The number of carbonyl (C=O) groups excluding carboxylic acids is 1. The first kappa shape index (κ1) is 13.5. The van der Waals surface area contributed by atoms with Gasteiger partial charge in [-0.05, 0) is 30.7 Å². The summed E-state index contributed by atoms with van der Waals surface area (Å²) in [6.07, 6.45) is 0. The molecule has 4 nitrogen and oxygen atoms in total. The van der Waals surface area contributed by atoms with Gasteiger partial charge in [-0.15, -0.1) is 11.3 Å². The average molecular weight is 275 g/mol. The van der Waals surface area contributed by atoms with E-state index >= 15 is 0 Å². The first-order valence-corrected chi connectivity index (χ1v) is 6.97. The van der Waals surface area contributed by atoms with E-state index in [4.69, 9.17) is 0 Å². The molecule has 5 heteroatoms. The zero-order valence-corrected chi connectivity index (χ0v) is 12.1. The molecule has 0 spiro atoms. The summed E-state index contributed by atoms with van der Waals surface area (Å²) in [6.45, 7) is 2.53. The molecule has 0 radical (unpaired) electrons. The van der Waals surface area contributed by atoms with Crippen LogP contribution in [0.3, 0.4) is 0 Å². The van der Waals surface area contributed by atoms with Crippen molar-refractivity contribution in [2.24, 2.45) is 0 Å². The van der Waals surface area contributed by atoms with E-state index in [1.165, 1.54) is 11.3 Å². The fraction of sp³-hybridized carbons (Fsp3) is 0.286. The molecule has 1 heterocycles. The SMILES string of the molecule is CNc1ccc(C(=O)N(C)Cc2cscn2)cc1C. The van der Waals surface area contributed by atoms with Crippen molar-refractivity contribution in [1.82, 2.24) is 9.88 Å². The van der Waals surface area contributed by atoms with Crippen LogP contribution in [0.25, 0.3) is 0 Å². The molecule has 1 aromatic carbocycles.